The van der Waals surface area contributed by atoms with Crippen LogP contribution in [0.5, 0.6) is 0 Å². The predicted octanol–water partition coefficient (Wildman–Crippen LogP) is 1.86. The van der Waals surface area contributed by atoms with Crippen molar-refractivity contribution in [2.24, 2.45) is 0 Å². The summed E-state index contributed by atoms with van der Waals surface area (Å²) < 4.78 is 7.29. The van der Waals surface area contributed by atoms with Crippen LogP contribution in [0.15, 0.2) is 31.1 Å². The van der Waals surface area contributed by atoms with E-state index >= 15 is 0 Å². The molecule has 5 nitrogen and oxygen atoms in total. The highest BCUT2D eigenvalue weighted by molar-refractivity contribution is 5.77. The number of carbonyl (C=O) groups excluding carboxylic acids is 1. The quantitative estimate of drug-likeness (QED) is 0.564. The highest BCUT2D eigenvalue weighted by Gasteiger charge is 2.26. The summed E-state index contributed by atoms with van der Waals surface area (Å²) in [5.41, 5.74) is 0. The minimum absolute atomic E-state index is 0.0888. The number of aromatic nitrogens is 2. The normalized spacial score (nSPS) is 19.0. The molecule has 1 atom stereocenters. The van der Waals surface area contributed by atoms with Crippen molar-refractivity contribution in [3.8, 4) is 0 Å². The van der Waals surface area contributed by atoms with Gasteiger partial charge in [-0.3, -0.25) is 9.48 Å². The lowest BCUT2D eigenvalue weighted by Gasteiger charge is -2.35. The Kier molecular flexibility index (Phi) is 5.80. The molecule has 1 amide bonds. The molecule has 1 aliphatic rings. The van der Waals surface area contributed by atoms with Gasteiger partial charge >= 0.3 is 0 Å². The van der Waals surface area contributed by atoms with Crippen molar-refractivity contribution in [3.63, 3.8) is 0 Å². The van der Waals surface area contributed by atoms with Crippen LogP contribution in [-0.2, 0) is 16.1 Å². The van der Waals surface area contributed by atoms with E-state index < -0.39 is 0 Å². The summed E-state index contributed by atoms with van der Waals surface area (Å²) in [6.45, 7) is 5.97. The summed E-state index contributed by atoms with van der Waals surface area (Å²) in [4.78, 5) is 14.2. The molecule has 0 bridgehead atoms. The number of likely N-dealkylation sites (tertiary alicyclic amines) is 1. The second-order valence-corrected chi connectivity index (χ2v) is 5.09. The van der Waals surface area contributed by atoms with Crippen molar-refractivity contribution < 1.29 is 9.53 Å². The van der Waals surface area contributed by atoms with Gasteiger partial charge in [-0.2, -0.15) is 5.10 Å². The molecule has 0 radical (unpaired) electrons. The van der Waals surface area contributed by atoms with Gasteiger partial charge < -0.3 is 9.64 Å². The zero-order chi connectivity index (χ0) is 14.2. The van der Waals surface area contributed by atoms with Crippen molar-refractivity contribution in [1.82, 2.24) is 14.7 Å². The summed E-state index contributed by atoms with van der Waals surface area (Å²) >= 11 is 0. The van der Waals surface area contributed by atoms with Gasteiger partial charge in [0.25, 0.3) is 0 Å². The minimum Gasteiger partial charge on any atom is -0.371 e. The molecule has 1 aliphatic heterocycles. The number of ether oxygens (including phenoxy) is 1. The van der Waals surface area contributed by atoms with E-state index in [1.165, 1.54) is 6.42 Å². The first-order valence-electron chi connectivity index (χ1n) is 7.27. The summed E-state index contributed by atoms with van der Waals surface area (Å²) in [5, 5.41) is 4.23. The Bertz CT molecular complexity index is 417. The number of carbonyl (C=O) groups is 1. The first-order chi connectivity index (χ1) is 9.81. The molecule has 5 heteroatoms. The molecule has 1 fully saturated rings. The number of rotatable bonds is 7. The van der Waals surface area contributed by atoms with Gasteiger partial charge in [-0.1, -0.05) is 6.08 Å². The standard InChI is InChI=1S/C15H23N3O2/c1-2-3-11-20-13-15(19)18-10-5-4-7-14(18)12-17-9-6-8-16-17/h2,6,8-9,14H,1,3-5,7,10-13H2. The summed E-state index contributed by atoms with van der Waals surface area (Å²) in [7, 11) is 0. The maximum atomic E-state index is 12.2. The SMILES string of the molecule is C=CCCOCC(=O)N1CCCCC1Cn1cccn1. The molecule has 0 spiro atoms. The van der Waals surface area contributed by atoms with Gasteiger partial charge in [0, 0.05) is 18.9 Å². The lowest BCUT2D eigenvalue weighted by molar-refractivity contribution is -0.140. The van der Waals surface area contributed by atoms with Crippen LogP contribution < -0.4 is 0 Å². The molecule has 1 unspecified atom stereocenters. The fourth-order valence-corrected chi connectivity index (χ4v) is 2.55. The molecular weight excluding hydrogens is 254 g/mol. The van der Waals surface area contributed by atoms with E-state index in [2.05, 4.69) is 11.7 Å². The fraction of sp³-hybridized carbons (Fsp3) is 0.600. The van der Waals surface area contributed by atoms with Gasteiger partial charge in [-0.25, -0.2) is 0 Å². The summed E-state index contributed by atoms with van der Waals surface area (Å²) in [6, 6.07) is 2.15. The number of hydrogen-bond donors (Lipinski definition) is 0. The summed E-state index contributed by atoms with van der Waals surface area (Å²) in [6.07, 6.45) is 9.58. The van der Waals surface area contributed by atoms with Crippen molar-refractivity contribution in [1.29, 1.82) is 0 Å². The Morgan fingerprint density at radius 2 is 2.40 bits per heavy atom. The average molecular weight is 277 g/mol. The van der Waals surface area contributed by atoms with Crippen LogP contribution in [0.25, 0.3) is 0 Å². The van der Waals surface area contributed by atoms with E-state index in [0.29, 0.717) is 6.61 Å². The van der Waals surface area contributed by atoms with E-state index in [1.54, 1.807) is 12.3 Å². The topological polar surface area (TPSA) is 47.4 Å². The molecule has 0 N–H and O–H groups in total. The third-order valence-electron chi connectivity index (χ3n) is 3.60. The van der Waals surface area contributed by atoms with Gasteiger partial charge in [0.2, 0.25) is 5.91 Å². The van der Waals surface area contributed by atoms with E-state index in [4.69, 9.17) is 4.74 Å². The van der Waals surface area contributed by atoms with Crippen molar-refractivity contribution >= 4 is 5.91 Å². The van der Waals surface area contributed by atoms with Crippen LogP contribution in [-0.4, -0.2) is 46.4 Å². The third kappa shape index (κ3) is 4.20. The largest absolute Gasteiger partial charge is 0.371 e. The van der Waals surface area contributed by atoms with E-state index in [1.807, 2.05) is 21.8 Å². The van der Waals surface area contributed by atoms with Gasteiger partial charge in [0.1, 0.15) is 6.61 Å². The Balaban J connectivity index is 1.85. The van der Waals surface area contributed by atoms with Crippen LogP contribution in [0.2, 0.25) is 0 Å². The van der Waals surface area contributed by atoms with Crippen molar-refractivity contribution in [2.45, 2.75) is 38.3 Å². The number of hydrogen-bond acceptors (Lipinski definition) is 3. The molecule has 1 aromatic heterocycles. The molecular formula is C15H23N3O2. The summed E-state index contributed by atoms with van der Waals surface area (Å²) in [5.74, 6) is 0.0888. The lowest BCUT2D eigenvalue weighted by atomic mass is 10.0. The monoisotopic (exact) mass is 277 g/mol. The maximum Gasteiger partial charge on any atom is 0.248 e. The second-order valence-electron chi connectivity index (χ2n) is 5.09. The zero-order valence-electron chi connectivity index (χ0n) is 11.9. The average Bonchev–Trinajstić information content (AvgIpc) is 2.97. The maximum absolute atomic E-state index is 12.2. The van der Waals surface area contributed by atoms with Crippen molar-refractivity contribution in [2.75, 3.05) is 19.8 Å². The highest BCUT2D eigenvalue weighted by atomic mass is 16.5. The molecule has 0 aliphatic carbocycles. The second kappa shape index (κ2) is 7.85. The van der Waals surface area contributed by atoms with Gasteiger partial charge in [0.05, 0.1) is 19.2 Å². The van der Waals surface area contributed by atoms with Gasteiger partial charge in [0.15, 0.2) is 0 Å². The minimum atomic E-state index is 0.0888. The molecule has 0 aromatic carbocycles. The highest BCUT2D eigenvalue weighted by Crippen LogP contribution is 2.18. The van der Waals surface area contributed by atoms with Gasteiger partial charge in [-0.15, -0.1) is 6.58 Å². The Morgan fingerprint density at radius 1 is 1.50 bits per heavy atom. The van der Waals surface area contributed by atoms with E-state index in [-0.39, 0.29) is 18.6 Å². The smallest absolute Gasteiger partial charge is 0.248 e. The van der Waals surface area contributed by atoms with Crippen LogP contribution in [0, 0.1) is 0 Å². The van der Waals surface area contributed by atoms with E-state index in [0.717, 1.165) is 32.4 Å². The third-order valence-corrected chi connectivity index (χ3v) is 3.60. The van der Waals surface area contributed by atoms with Crippen LogP contribution in [0.4, 0.5) is 0 Å². The fourth-order valence-electron chi connectivity index (χ4n) is 2.55. The zero-order valence-corrected chi connectivity index (χ0v) is 11.9. The molecule has 2 heterocycles. The molecule has 20 heavy (non-hydrogen) atoms. The van der Waals surface area contributed by atoms with Crippen LogP contribution in [0.1, 0.15) is 25.7 Å². The lowest BCUT2D eigenvalue weighted by Crippen LogP contribution is -2.47. The Morgan fingerprint density at radius 3 is 3.15 bits per heavy atom. The molecule has 1 aromatic rings. The first-order valence-corrected chi connectivity index (χ1v) is 7.27. The molecule has 1 saturated heterocycles. The molecule has 110 valence electrons. The van der Waals surface area contributed by atoms with Gasteiger partial charge in [-0.05, 0) is 31.7 Å². The first kappa shape index (κ1) is 14.8. The van der Waals surface area contributed by atoms with Crippen LogP contribution >= 0.6 is 0 Å². The van der Waals surface area contributed by atoms with Crippen molar-refractivity contribution in [3.05, 3.63) is 31.1 Å². The number of piperidine rings is 1. The Hall–Kier alpha value is -1.62. The Labute approximate surface area is 120 Å². The predicted molar refractivity (Wildman–Crippen MR) is 77.2 cm³/mol. The molecule has 2 rings (SSSR count). The molecule has 0 saturated carbocycles. The number of nitrogens with zero attached hydrogens (tertiary/aromatic N) is 3. The number of amides is 1. The van der Waals surface area contributed by atoms with E-state index in [9.17, 15) is 4.79 Å². The van der Waals surface area contributed by atoms with Crippen LogP contribution in [0.3, 0.4) is 0 Å².